The van der Waals surface area contributed by atoms with Gasteiger partial charge in [0.1, 0.15) is 0 Å². The highest BCUT2D eigenvalue weighted by Gasteiger charge is 2.21. The Kier molecular flexibility index (Phi) is 6.42. The maximum atomic E-state index is 10.3. The molecule has 0 bridgehead atoms. The summed E-state index contributed by atoms with van der Waals surface area (Å²) < 4.78 is 5.40. The second-order valence-corrected chi connectivity index (χ2v) is 6.63. The van der Waals surface area contributed by atoms with Gasteiger partial charge in [-0.1, -0.05) is 30.3 Å². The van der Waals surface area contributed by atoms with Crippen LogP contribution in [-0.4, -0.2) is 91.5 Å². The summed E-state index contributed by atoms with van der Waals surface area (Å²) >= 11 is 0. The zero-order valence-electron chi connectivity index (χ0n) is 13.9. The van der Waals surface area contributed by atoms with E-state index in [4.69, 9.17) is 4.74 Å². The topological polar surface area (TPSA) is 39.2 Å². The third kappa shape index (κ3) is 5.55. The molecule has 0 spiro atoms. The molecule has 128 valence electrons. The first kappa shape index (κ1) is 16.9. The fourth-order valence-electron chi connectivity index (χ4n) is 3.42. The van der Waals surface area contributed by atoms with Gasteiger partial charge in [-0.15, -0.1) is 0 Å². The fourth-order valence-corrected chi connectivity index (χ4v) is 3.42. The molecule has 1 aromatic carbocycles. The molecule has 5 nitrogen and oxygen atoms in total. The Morgan fingerprint density at radius 2 is 1.52 bits per heavy atom. The first-order valence-corrected chi connectivity index (χ1v) is 8.76. The molecule has 2 aliphatic heterocycles. The van der Waals surface area contributed by atoms with Crippen molar-refractivity contribution in [2.75, 3.05) is 65.6 Å². The molecule has 0 amide bonds. The molecule has 23 heavy (non-hydrogen) atoms. The Morgan fingerprint density at radius 3 is 2.30 bits per heavy atom. The van der Waals surface area contributed by atoms with E-state index >= 15 is 0 Å². The van der Waals surface area contributed by atoms with Gasteiger partial charge in [0, 0.05) is 58.9 Å². The minimum atomic E-state index is -0.258. The van der Waals surface area contributed by atoms with Crippen molar-refractivity contribution in [3.05, 3.63) is 35.9 Å². The van der Waals surface area contributed by atoms with Crippen molar-refractivity contribution in [1.29, 1.82) is 0 Å². The smallest absolute Gasteiger partial charge is 0.0793 e. The molecule has 1 N–H and O–H groups in total. The minimum absolute atomic E-state index is 0.258. The van der Waals surface area contributed by atoms with Crippen LogP contribution in [0.1, 0.15) is 5.56 Å². The summed E-state index contributed by atoms with van der Waals surface area (Å²) in [6.07, 6.45) is -0.258. The van der Waals surface area contributed by atoms with E-state index in [1.54, 1.807) is 0 Å². The fraction of sp³-hybridized carbons (Fsp3) is 0.667. The lowest BCUT2D eigenvalue weighted by Crippen LogP contribution is -2.43. The number of aliphatic hydroxyl groups is 1. The zero-order valence-corrected chi connectivity index (χ0v) is 13.9. The first-order valence-electron chi connectivity index (χ1n) is 8.76. The molecule has 0 radical (unpaired) electrons. The van der Waals surface area contributed by atoms with Gasteiger partial charge in [0.25, 0.3) is 0 Å². The number of hydrogen-bond acceptors (Lipinski definition) is 5. The van der Waals surface area contributed by atoms with Crippen LogP contribution in [0.25, 0.3) is 0 Å². The molecule has 5 heteroatoms. The Morgan fingerprint density at radius 1 is 0.870 bits per heavy atom. The number of rotatable bonds is 5. The van der Waals surface area contributed by atoms with Crippen molar-refractivity contribution >= 4 is 0 Å². The Labute approximate surface area is 139 Å². The lowest BCUT2D eigenvalue weighted by molar-refractivity contribution is 0.0314. The molecular formula is C18H29N3O2. The van der Waals surface area contributed by atoms with Crippen LogP contribution >= 0.6 is 0 Å². The van der Waals surface area contributed by atoms with E-state index in [2.05, 4.69) is 39.0 Å². The SMILES string of the molecule is OC1CN(CCN2CCOCC2)CCN(Cc2ccccc2)C1. The summed E-state index contributed by atoms with van der Waals surface area (Å²) in [7, 11) is 0. The van der Waals surface area contributed by atoms with Crippen LogP contribution in [0.3, 0.4) is 0 Å². The number of nitrogens with zero attached hydrogens (tertiary/aromatic N) is 3. The van der Waals surface area contributed by atoms with Crippen LogP contribution in [0.2, 0.25) is 0 Å². The highest BCUT2D eigenvalue weighted by molar-refractivity contribution is 5.14. The number of aliphatic hydroxyl groups excluding tert-OH is 1. The third-order valence-electron chi connectivity index (χ3n) is 4.76. The van der Waals surface area contributed by atoms with Gasteiger partial charge in [-0.3, -0.25) is 14.7 Å². The van der Waals surface area contributed by atoms with E-state index in [0.29, 0.717) is 0 Å². The van der Waals surface area contributed by atoms with Crippen LogP contribution in [0.4, 0.5) is 0 Å². The highest BCUT2D eigenvalue weighted by atomic mass is 16.5. The van der Waals surface area contributed by atoms with Gasteiger partial charge in [0.15, 0.2) is 0 Å². The van der Waals surface area contributed by atoms with Crippen molar-refractivity contribution in [2.24, 2.45) is 0 Å². The van der Waals surface area contributed by atoms with Gasteiger partial charge in [-0.25, -0.2) is 0 Å². The van der Waals surface area contributed by atoms with E-state index in [0.717, 1.165) is 72.1 Å². The molecule has 2 saturated heterocycles. The molecule has 2 heterocycles. The normalized spacial score (nSPS) is 25.3. The number of benzene rings is 1. The van der Waals surface area contributed by atoms with E-state index < -0.39 is 0 Å². The first-order chi connectivity index (χ1) is 11.3. The summed E-state index contributed by atoms with van der Waals surface area (Å²) in [4.78, 5) is 7.24. The molecule has 1 atom stereocenters. The molecule has 1 aromatic rings. The zero-order chi connectivity index (χ0) is 15.9. The number of morpholine rings is 1. The predicted molar refractivity (Wildman–Crippen MR) is 91.4 cm³/mol. The predicted octanol–water partition coefficient (Wildman–Crippen LogP) is 0.497. The van der Waals surface area contributed by atoms with E-state index in [1.807, 2.05) is 6.07 Å². The van der Waals surface area contributed by atoms with Gasteiger partial charge < -0.3 is 9.84 Å². The van der Waals surface area contributed by atoms with Gasteiger partial charge in [-0.2, -0.15) is 0 Å². The molecule has 2 aliphatic rings. The third-order valence-corrected chi connectivity index (χ3v) is 4.76. The van der Waals surface area contributed by atoms with E-state index in [1.165, 1.54) is 5.56 Å². The van der Waals surface area contributed by atoms with Gasteiger partial charge >= 0.3 is 0 Å². The van der Waals surface area contributed by atoms with Gasteiger partial charge in [-0.05, 0) is 5.56 Å². The van der Waals surface area contributed by atoms with Crippen LogP contribution in [0.5, 0.6) is 0 Å². The Bertz CT molecular complexity index is 451. The molecule has 0 saturated carbocycles. The van der Waals surface area contributed by atoms with Crippen molar-refractivity contribution in [1.82, 2.24) is 14.7 Å². The quantitative estimate of drug-likeness (QED) is 0.856. The molecule has 1 unspecified atom stereocenters. The minimum Gasteiger partial charge on any atom is -0.390 e. The largest absolute Gasteiger partial charge is 0.390 e. The van der Waals surface area contributed by atoms with E-state index in [-0.39, 0.29) is 6.10 Å². The Hall–Kier alpha value is -0.980. The van der Waals surface area contributed by atoms with Crippen LogP contribution < -0.4 is 0 Å². The number of hydrogen-bond donors (Lipinski definition) is 1. The van der Waals surface area contributed by atoms with Crippen molar-refractivity contribution in [2.45, 2.75) is 12.6 Å². The maximum absolute atomic E-state index is 10.3. The van der Waals surface area contributed by atoms with Gasteiger partial charge in [0.2, 0.25) is 0 Å². The number of β-amino-alcohol motifs (C(OH)–C–C–N with tert-alkyl or cyclic N) is 1. The van der Waals surface area contributed by atoms with Crippen LogP contribution in [-0.2, 0) is 11.3 Å². The lowest BCUT2D eigenvalue weighted by Gasteiger charge is -2.29. The molecule has 3 rings (SSSR count). The molecule has 2 fully saturated rings. The lowest BCUT2D eigenvalue weighted by atomic mass is 10.2. The van der Waals surface area contributed by atoms with E-state index in [9.17, 15) is 5.11 Å². The van der Waals surface area contributed by atoms with Crippen molar-refractivity contribution in [3.8, 4) is 0 Å². The van der Waals surface area contributed by atoms with Crippen LogP contribution in [0, 0.1) is 0 Å². The number of ether oxygens (including phenoxy) is 1. The summed E-state index contributed by atoms with van der Waals surface area (Å²) in [6.45, 7) is 10.4. The van der Waals surface area contributed by atoms with Gasteiger partial charge in [0.05, 0.1) is 19.3 Å². The van der Waals surface area contributed by atoms with Crippen molar-refractivity contribution < 1.29 is 9.84 Å². The second-order valence-electron chi connectivity index (χ2n) is 6.63. The standard InChI is InChI=1S/C18H29N3O2/c22-18-15-20(7-6-19-10-12-23-13-11-19)8-9-21(16-18)14-17-4-2-1-3-5-17/h1-5,18,22H,6-16H2. The highest BCUT2D eigenvalue weighted by Crippen LogP contribution is 2.09. The average Bonchev–Trinajstić information content (AvgIpc) is 2.76. The summed E-state index contributed by atoms with van der Waals surface area (Å²) in [6, 6.07) is 10.5. The average molecular weight is 319 g/mol. The monoisotopic (exact) mass is 319 g/mol. The summed E-state index contributed by atoms with van der Waals surface area (Å²) in [5.74, 6) is 0. The summed E-state index contributed by atoms with van der Waals surface area (Å²) in [5.41, 5.74) is 1.32. The molecular weight excluding hydrogens is 290 g/mol. The van der Waals surface area contributed by atoms with Crippen LogP contribution in [0.15, 0.2) is 30.3 Å². The molecule has 0 aromatic heterocycles. The molecule has 0 aliphatic carbocycles. The second kappa shape index (κ2) is 8.76. The Balaban J connectivity index is 1.45. The van der Waals surface area contributed by atoms with Crippen molar-refractivity contribution in [3.63, 3.8) is 0 Å². The maximum Gasteiger partial charge on any atom is 0.0793 e. The summed E-state index contributed by atoms with van der Waals surface area (Å²) in [5, 5.41) is 10.3.